The van der Waals surface area contributed by atoms with Gasteiger partial charge in [0, 0.05) is 6.54 Å². The number of hydrogen-bond donors (Lipinski definition) is 2. The molecule has 0 fully saturated rings. The van der Waals surface area contributed by atoms with Crippen LogP contribution >= 0.6 is 0 Å². The molecule has 0 saturated heterocycles. The van der Waals surface area contributed by atoms with Crippen molar-refractivity contribution in [3.05, 3.63) is 29.8 Å². The first-order valence-corrected chi connectivity index (χ1v) is 7.76. The quantitative estimate of drug-likeness (QED) is 0.692. The predicted molar refractivity (Wildman–Crippen MR) is 75.7 cm³/mol. The second kappa shape index (κ2) is 7.19. The predicted octanol–water partition coefficient (Wildman–Crippen LogP) is 0.0804. The largest absolute Gasteiger partial charge is 0.453 e. The molecule has 0 bridgehead atoms. The number of ether oxygens (including phenoxy) is 1. The van der Waals surface area contributed by atoms with Gasteiger partial charge in [-0.15, -0.1) is 0 Å². The maximum atomic E-state index is 11.9. The molecule has 21 heavy (non-hydrogen) atoms. The molecule has 0 radical (unpaired) electrons. The first kappa shape index (κ1) is 17.1. The van der Waals surface area contributed by atoms with Crippen molar-refractivity contribution in [2.24, 2.45) is 5.73 Å². The number of carbonyl (C=O) groups excluding carboxylic acids is 2. The van der Waals surface area contributed by atoms with Crippen LogP contribution in [0.1, 0.15) is 18.9 Å². The molecule has 0 heterocycles. The highest BCUT2D eigenvalue weighted by molar-refractivity contribution is 7.89. The zero-order valence-electron chi connectivity index (χ0n) is 11.8. The number of nitrogens with two attached hydrogens (primary N) is 1. The Bertz CT molecular complexity index is 610. The molecule has 1 atom stereocenters. The van der Waals surface area contributed by atoms with Crippen LogP contribution in [0, 0.1) is 6.92 Å². The zero-order valence-corrected chi connectivity index (χ0v) is 12.6. The number of rotatable bonds is 7. The second-order valence-corrected chi connectivity index (χ2v) is 6.26. The molecule has 7 nitrogen and oxygen atoms in total. The minimum absolute atomic E-state index is 0.118. The average Bonchev–Trinajstić information content (AvgIpc) is 2.38. The van der Waals surface area contributed by atoms with Gasteiger partial charge in [-0.3, -0.25) is 9.59 Å². The lowest BCUT2D eigenvalue weighted by Gasteiger charge is -2.10. The van der Waals surface area contributed by atoms with Crippen LogP contribution in [0.15, 0.2) is 29.2 Å². The van der Waals surface area contributed by atoms with Crippen molar-refractivity contribution >= 4 is 21.9 Å². The minimum Gasteiger partial charge on any atom is -0.453 e. The fraction of sp³-hybridized carbons (Fsp3) is 0.385. The Morgan fingerprint density at radius 1 is 1.29 bits per heavy atom. The standard InChI is InChI=1S/C13H18N2O5S/c1-9-3-5-11(6-4-9)21(18,19)15-8-7-12(16)20-10(2)13(14)17/h3-6,10,15H,7-8H2,1-2H3,(H2,14,17)/t10-/m0/s1. The second-order valence-electron chi connectivity index (χ2n) is 4.50. The number of amides is 1. The van der Waals surface area contributed by atoms with Gasteiger partial charge in [-0.05, 0) is 26.0 Å². The van der Waals surface area contributed by atoms with E-state index in [1.807, 2.05) is 6.92 Å². The topological polar surface area (TPSA) is 116 Å². The summed E-state index contributed by atoms with van der Waals surface area (Å²) in [5.74, 6) is -1.46. The highest BCUT2D eigenvalue weighted by Crippen LogP contribution is 2.09. The van der Waals surface area contributed by atoms with Crippen LogP contribution in [0.4, 0.5) is 0 Å². The average molecular weight is 314 g/mol. The van der Waals surface area contributed by atoms with E-state index in [2.05, 4.69) is 4.72 Å². The monoisotopic (exact) mass is 314 g/mol. The molecule has 0 saturated carbocycles. The van der Waals surface area contributed by atoms with Crippen molar-refractivity contribution in [2.45, 2.75) is 31.3 Å². The minimum atomic E-state index is -3.67. The van der Waals surface area contributed by atoms with Gasteiger partial charge in [0.15, 0.2) is 6.10 Å². The van der Waals surface area contributed by atoms with E-state index in [4.69, 9.17) is 10.5 Å². The third kappa shape index (κ3) is 5.52. The van der Waals surface area contributed by atoms with E-state index in [1.165, 1.54) is 19.1 Å². The van der Waals surface area contributed by atoms with Gasteiger partial charge in [0.05, 0.1) is 11.3 Å². The Balaban J connectivity index is 2.49. The fourth-order valence-corrected chi connectivity index (χ4v) is 2.43. The molecule has 1 rings (SSSR count). The van der Waals surface area contributed by atoms with Crippen LogP contribution in [-0.2, 0) is 24.3 Å². The van der Waals surface area contributed by atoms with Crippen LogP contribution in [0.3, 0.4) is 0 Å². The fourth-order valence-electron chi connectivity index (χ4n) is 1.40. The molecular weight excluding hydrogens is 296 g/mol. The molecule has 0 aliphatic carbocycles. The van der Waals surface area contributed by atoms with Crippen LogP contribution < -0.4 is 10.5 Å². The summed E-state index contributed by atoms with van der Waals surface area (Å²) in [6, 6.07) is 6.31. The molecule has 3 N–H and O–H groups in total. The molecule has 0 aliphatic heterocycles. The summed E-state index contributed by atoms with van der Waals surface area (Å²) in [6.07, 6.45) is -1.23. The number of primary amides is 1. The number of benzene rings is 1. The summed E-state index contributed by atoms with van der Waals surface area (Å²) in [5, 5.41) is 0. The van der Waals surface area contributed by atoms with Gasteiger partial charge >= 0.3 is 5.97 Å². The maximum Gasteiger partial charge on any atom is 0.307 e. The number of sulfonamides is 1. The summed E-state index contributed by atoms with van der Waals surface area (Å²) < 4.78 is 30.8. The lowest BCUT2D eigenvalue weighted by Crippen LogP contribution is -2.32. The number of nitrogens with one attached hydrogen (secondary N) is 1. The normalized spacial score (nSPS) is 12.7. The Labute approximate surface area is 123 Å². The Morgan fingerprint density at radius 2 is 1.86 bits per heavy atom. The number of aryl methyl sites for hydroxylation is 1. The Morgan fingerprint density at radius 3 is 2.38 bits per heavy atom. The summed E-state index contributed by atoms with van der Waals surface area (Å²) in [6.45, 7) is 3.07. The number of carbonyl (C=O) groups is 2. The zero-order chi connectivity index (χ0) is 16.0. The number of esters is 1. The first-order chi connectivity index (χ1) is 9.72. The van der Waals surface area contributed by atoms with Crippen molar-refractivity contribution in [2.75, 3.05) is 6.54 Å². The Hall–Kier alpha value is -1.93. The number of hydrogen-bond acceptors (Lipinski definition) is 5. The Kier molecular flexibility index (Phi) is 5.86. The molecule has 8 heteroatoms. The van der Waals surface area contributed by atoms with Crippen LogP contribution in [0.2, 0.25) is 0 Å². The molecular formula is C13H18N2O5S. The van der Waals surface area contributed by atoms with E-state index in [0.717, 1.165) is 5.56 Å². The van der Waals surface area contributed by atoms with Crippen molar-refractivity contribution in [1.29, 1.82) is 0 Å². The summed E-state index contributed by atoms with van der Waals surface area (Å²) in [7, 11) is -3.67. The maximum absolute atomic E-state index is 11.9. The lowest BCUT2D eigenvalue weighted by atomic mass is 10.2. The summed E-state index contributed by atoms with van der Waals surface area (Å²) in [4.78, 5) is 22.2. The molecule has 0 spiro atoms. The molecule has 1 aromatic rings. The van der Waals surface area contributed by atoms with Gasteiger partial charge in [-0.25, -0.2) is 13.1 Å². The van der Waals surface area contributed by atoms with E-state index in [0.29, 0.717) is 0 Å². The van der Waals surface area contributed by atoms with Gasteiger partial charge in [0.2, 0.25) is 10.0 Å². The van der Waals surface area contributed by atoms with Crippen LogP contribution in [0.5, 0.6) is 0 Å². The van der Waals surface area contributed by atoms with E-state index in [9.17, 15) is 18.0 Å². The van der Waals surface area contributed by atoms with Gasteiger partial charge < -0.3 is 10.5 Å². The summed E-state index contributed by atoms with van der Waals surface area (Å²) in [5.41, 5.74) is 5.89. The summed E-state index contributed by atoms with van der Waals surface area (Å²) >= 11 is 0. The molecule has 0 aliphatic rings. The van der Waals surface area contributed by atoms with Crippen molar-refractivity contribution in [1.82, 2.24) is 4.72 Å². The van der Waals surface area contributed by atoms with E-state index >= 15 is 0 Å². The van der Waals surface area contributed by atoms with Crippen molar-refractivity contribution in [3.63, 3.8) is 0 Å². The SMILES string of the molecule is Cc1ccc(S(=O)(=O)NCCC(=O)O[C@@H](C)C(N)=O)cc1. The van der Waals surface area contributed by atoms with Gasteiger partial charge in [-0.1, -0.05) is 17.7 Å². The van der Waals surface area contributed by atoms with Crippen LogP contribution in [0.25, 0.3) is 0 Å². The van der Waals surface area contributed by atoms with Crippen molar-refractivity contribution in [3.8, 4) is 0 Å². The van der Waals surface area contributed by atoms with E-state index in [1.54, 1.807) is 12.1 Å². The lowest BCUT2D eigenvalue weighted by molar-refractivity contribution is -0.153. The molecule has 1 aromatic carbocycles. The van der Waals surface area contributed by atoms with Crippen molar-refractivity contribution < 1.29 is 22.7 Å². The third-order valence-electron chi connectivity index (χ3n) is 2.66. The molecule has 0 unspecified atom stereocenters. The highest BCUT2D eigenvalue weighted by atomic mass is 32.2. The van der Waals surface area contributed by atoms with E-state index < -0.39 is 28.0 Å². The molecule has 116 valence electrons. The smallest absolute Gasteiger partial charge is 0.307 e. The first-order valence-electron chi connectivity index (χ1n) is 6.27. The third-order valence-corrected chi connectivity index (χ3v) is 4.14. The highest BCUT2D eigenvalue weighted by Gasteiger charge is 2.17. The van der Waals surface area contributed by atoms with E-state index in [-0.39, 0.29) is 17.9 Å². The molecule has 1 amide bonds. The van der Waals surface area contributed by atoms with Gasteiger partial charge in [0.25, 0.3) is 5.91 Å². The molecule has 0 aromatic heterocycles. The van der Waals surface area contributed by atoms with Crippen LogP contribution in [-0.4, -0.2) is 32.9 Å². The van der Waals surface area contributed by atoms with Gasteiger partial charge in [0.1, 0.15) is 0 Å². The van der Waals surface area contributed by atoms with Gasteiger partial charge in [-0.2, -0.15) is 0 Å².